The number of carbonyl (C=O) groups is 1. The van der Waals surface area contributed by atoms with E-state index >= 15 is 0 Å². The van der Waals surface area contributed by atoms with Crippen LogP contribution in [-0.2, 0) is 4.74 Å². The highest BCUT2D eigenvalue weighted by atomic mass is 16.5. The molecule has 1 N–H and O–H groups in total. The van der Waals surface area contributed by atoms with Gasteiger partial charge in [-0.25, -0.2) is 0 Å². The fourth-order valence-electron chi connectivity index (χ4n) is 3.24. The summed E-state index contributed by atoms with van der Waals surface area (Å²) < 4.78 is 10.9. The van der Waals surface area contributed by atoms with Gasteiger partial charge >= 0.3 is 0 Å². The van der Waals surface area contributed by atoms with E-state index in [0.717, 1.165) is 43.9 Å². The van der Waals surface area contributed by atoms with Crippen LogP contribution < -0.4 is 5.32 Å². The van der Waals surface area contributed by atoms with Crippen molar-refractivity contribution >= 4 is 5.91 Å². The van der Waals surface area contributed by atoms with Crippen LogP contribution in [0, 0.1) is 0 Å². The average Bonchev–Trinajstić information content (AvgIpc) is 3.17. The van der Waals surface area contributed by atoms with E-state index in [1.807, 2.05) is 36.4 Å². The van der Waals surface area contributed by atoms with E-state index in [4.69, 9.17) is 9.15 Å². The topological polar surface area (TPSA) is 54.7 Å². The molecule has 1 amide bonds. The fourth-order valence-corrected chi connectivity index (χ4v) is 3.24. The lowest BCUT2D eigenvalue weighted by Crippen LogP contribution is -2.56. The highest BCUT2D eigenvalue weighted by Crippen LogP contribution is 2.25. The van der Waals surface area contributed by atoms with Gasteiger partial charge in [0.15, 0.2) is 5.76 Å². The molecule has 1 fully saturated rings. The van der Waals surface area contributed by atoms with E-state index < -0.39 is 0 Å². The Morgan fingerprint density at radius 3 is 2.60 bits per heavy atom. The Morgan fingerprint density at radius 2 is 1.92 bits per heavy atom. The van der Waals surface area contributed by atoms with Gasteiger partial charge < -0.3 is 14.5 Å². The van der Waals surface area contributed by atoms with E-state index in [1.165, 1.54) is 0 Å². The zero-order valence-electron chi connectivity index (χ0n) is 15.0. The molecule has 0 radical (unpaired) electrons. The van der Waals surface area contributed by atoms with E-state index in [-0.39, 0.29) is 11.4 Å². The summed E-state index contributed by atoms with van der Waals surface area (Å²) in [6.07, 6.45) is 2.52. The Balaban J connectivity index is 1.69. The molecule has 1 aromatic carbocycles. The minimum absolute atomic E-state index is 0.0844. The number of hydrogen-bond acceptors (Lipinski definition) is 4. The summed E-state index contributed by atoms with van der Waals surface area (Å²) in [4.78, 5) is 15.1. The van der Waals surface area contributed by atoms with E-state index in [9.17, 15) is 4.79 Å². The first-order valence-electron chi connectivity index (χ1n) is 8.88. The molecule has 3 rings (SSSR count). The molecule has 1 aliphatic rings. The first-order valence-corrected chi connectivity index (χ1v) is 8.88. The molecule has 0 unspecified atom stereocenters. The summed E-state index contributed by atoms with van der Waals surface area (Å²) in [5, 5.41) is 3.07. The first-order chi connectivity index (χ1) is 12.1. The molecule has 5 heteroatoms. The van der Waals surface area contributed by atoms with Crippen LogP contribution in [-0.4, -0.2) is 49.2 Å². The Kier molecular flexibility index (Phi) is 5.56. The van der Waals surface area contributed by atoms with Crippen LogP contribution in [0.4, 0.5) is 0 Å². The van der Waals surface area contributed by atoms with Gasteiger partial charge in [0.25, 0.3) is 5.91 Å². The maximum absolute atomic E-state index is 12.7. The van der Waals surface area contributed by atoms with Crippen molar-refractivity contribution in [2.75, 3.05) is 32.8 Å². The van der Waals surface area contributed by atoms with E-state index in [1.54, 1.807) is 6.26 Å². The second kappa shape index (κ2) is 7.85. The van der Waals surface area contributed by atoms with Gasteiger partial charge in [-0.1, -0.05) is 37.3 Å². The predicted molar refractivity (Wildman–Crippen MR) is 97.6 cm³/mol. The number of morpholine rings is 1. The third kappa shape index (κ3) is 3.94. The second-order valence-electron chi connectivity index (χ2n) is 6.66. The third-order valence-corrected chi connectivity index (χ3v) is 5.12. The van der Waals surface area contributed by atoms with Gasteiger partial charge in [0.2, 0.25) is 0 Å². The predicted octanol–water partition coefficient (Wildman–Crippen LogP) is 3.18. The molecule has 1 saturated heterocycles. The second-order valence-corrected chi connectivity index (χ2v) is 6.66. The number of benzene rings is 1. The van der Waals surface area contributed by atoms with Gasteiger partial charge in [-0.05, 0) is 25.0 Å². The number of amides is 1. The standard InChI is InChI=1S/C20H26N2O3/c1-3-20(2,22-10-13-24-14-11-22)15-21-19(23)18-17(9-12-25-18)16-7-5-4-6-8-16/h4-9,12H,3,10-11,13-15H2,1-2H3,(H,21,23)/t20-/m1/s1. The number of hydrogen-bond donors (Lipinski definition) is 1. The number of nitrogens with one attached hydrogen (secondary N) is 1. The lowest BCUT2D eigenvalue weighted by Gasteiger charge is -2.43. The van der Waals surface area contributed by atoms with E-state index in [0.29, 0.717) is 12.3 Å². The smallest absolute Gasteiger partial charge is 0.287 e. The zero-order valence-corrected chi connectivity index (χ0v) is 15.0. The fraction of sp³-hybridized carbons (Fsp3) is 0.450. The van der Waals surface area contributed by atoms with Crippen molar-refractivity contribution < 1.29 is 13.9 Å². The van der Waals surface area contributed by atoms with Crippen LogP contribution in [0.15, 0.2) is 47.1 Å². The molecule has 1 atom stereocenters. The van der Waals surface area contributed by atoms with Crippen molar-refractivity contribution in [3.05, 3.63) is 48.4 Å². The van der Waals surface area contributed by atoms with Crippen molar-refractivity contribution in [3.8, 4) is 11.1 Å². The summed E-state index contributed by atoms with van der Waals surface area (Å²) in [6, 6.07) is 11.7. The maximum atomic E-state index is 12.7. The average molecular weight is 342 g/mol. The monoisotopic (exact) mass is 342 g/mol. The largest absolute Gasteiger partial charge is 0.459 e. The number of ether oxygens (including phenoxy) is 1. The highest BCUT2D eigenvalue weighted by molar-refractivity contribution is 5.98. The van der Waals surface area contributed by atoms with Gasteiger partial charge in [0.05, 0.1) is 19.5 Å². The number of nitrogens with zero attached hydrogens (tertiary/aromatic N) is 1. The number of carbonyl (C=O) groups excluding carboxylic acids is 1. The molecular formula is C20H26N2O3. The molecule has 5 nitrogen and oxygen atoms in total. The van der Waals surface area contributed by atoms with Crippen LogP contribution in [0.3, 0.4) is 0 Å². The number of furan rings is 1. The molecule has 2 aromatic rings. The third-order valence-electron chi connectivity index (χ3n) is 5.12. The Morgan fingerprint density at radius 1 is 1.20 bits per heavy atom. The Hall–Kier alpha value is -2.11. The molecule has 0 bridgehead atoms. The van der Waals surface area contributed by atoms with Crippen molar-refractivity contribution in [3.63, 3.8) is 0 Å². The Labute approximate surface area is 149 Å². The van der Waals surface area contributed by atoms with Gasteiger partial charge in [-0.3, -0.25) is 9.69 Å². The molecule has 0 aliphatic carbocycles. The van der Waals surface area contributed by atoms with Crippen molar-refractivity contribution in [1.82, 2.24) is 10.2 Å². The lowest BCUT2D eigenvalue weighted by atomic mass is 9.95. The Bertz CT molecular complexity index is 692. The van der Waals surface area contributed by atoms with Crippen molar-refractivity contribution in [2.24, 2.45) is 0 Å². The lowest BCUT2D eigenvalue weighted by molar-refractivity contribution is -0.0170. The van der Waals surface area contributed by atoms with Crippen LogP contribution in [0.1, 0.15) is 30.8 Å². The molecule has 1 aliphatic heterocycles. The van der Waals surface area contributed by atoms with Gasteiger partial charge in [0, 0.05) is 30.7 Å². The maximum Gasteiger partial charge on any atom is 0.287 e. The number of rotatable bonds is 6. The van der Waals surface area contributed by atoms with Gasteiger partial charge in [-0.15, -0.1) is 0 Å². The summed E-state index contributed by atoms with van der Waals surface area (Å²) in [7, 11) is 0. The summed E-state index contributed by atoms with van der Waals surface area (Å²) in [6.45, 7) is 8.23. The summed E-state index contributed by atoms with van der Waals surface area (Å²) in [5.74, 6) is 0.198. The van der Waals surface area contributed by atoms with Gasteiger partial charge in [0.1, 0.15) is 0 Å². The minimum Gasteiger partial charge on any atom is -0.459 e. The summed E-state index contributed by atoms with van der Waals surface area (Å²) >= 11 is 0. The normalized spacial score (nSPS) is 17.8. The van der Waals surface area contributed by atoms with Crippen LogP contribution >= 0.6 is 0 Å². The minimum atomic E-state index is -0.170. The quantitative estimate of drug-likeness (QED) is 0.876. The molecule has 25 heavy (non-hydrogen) atoms. The first kappa shape index (κ1) is 17.7. The van der Waals surface area contributed by atoms with Crippen LogP contribution in [0.5, 0.6) is 0 Å². The molecular weight excluding hydrogens is 316 g/mol. The molecule has 1 aromatic heterocycles. The molecule has 134 valence electrons. The van der Waals surface area contributed by atoms with Crippen LogP contribution in [0.2, 0.25) is 0 Å². The van der Waals surface area contributed by atoms with E-state index in [2.05, 4.69) is 24.1 Å². The summed E-state index contributed by atoms with van der Waals surface area (Å²) in [5.41, 5.74) is 1.72. The SMILES string of the molecule is CC[C@](C)(CNC(=O)c1occc1-c1ccccc1)N1CCOCC1. The van der Waals surface area contributed by atoms with Crippen molar-refractivity contribution in [2.45, 2.75) is 25.8 Å². The molecule has 2 heterocycles. The van der Waals surface area contributed by atoms with Gasteiger partial charge in [-0.2, -0.15) is 0 Å². The van der Waals surface area contributed by atoms with Crippen molar-refractivity contribution in [1.29, 1.82) is 0 Å². The molecule has 0 spiro atoms. The highest BCUT2D eigenvalue weighted by Gasteiger charge is 2.32. The van der Waals surface area contributed by atoms with Crippen LogP contribution in [0.25, 0.3) is 11.1 Å². The zero-order chi connectivity index (χ0) is 17.7. The molecule has 0 saturated carbocycles.